The molecule has 1 fully saturated rings. The van der Waals surface area contributed by atoms with Gasteiger partial charge in [-0.15, -0.1) is 11.3 Å². The van der Waals surface area contributed by atoms with Crippen LogP contribution in [-0.2, 0) is 4.79 Å². The second-order valence-corrected chi connectivity index (χ2v) is 6.21. The molecule has 2 aromatic rings. The number of hydrogen-bond acceptors (Lipinski definition) is 4. The van der Waals surface area contributed by atoms with Gasteiger partial charge in [-0.2, -0.15) is 5.26 Å². The van der Waals surface area contributed by atoms with Gasteiger partial charge in [0.15, 0.2) is 0 Å². The topological polar surface area (TPSA) is 65.8 Å². The molecule has 5 heteroatoms. The van der Waals surface area contributed by atoms with Crippen molar-refractivity contribution in [1.82, 2.24) is 4.98 Å². The van der Waals surface area contributed by atoms with Gasteiger partial charge in [0.25, 0.3) is 5.91 Å². The fourth-order valence-corrected chi connectivity index (χ4v) is 3.03. The van der Waals surface area contributed by atoms with Crippen LogP contribution < -0.4 is 5.32 Å². The number of nitriles is 1. The van der Waals surface area contributed by atoms with Crippen LogP contribution >= 0.6 is 11.3 Å². The minimum Gasteiger partial charge on any atom is -0.321 e. The summed E-state index contributed by atoms with van der Waals surface area (Å²) in [4.78, 5) is 16.7. The highest BCUT2D eigenvalue weighted by Crippen LogP contribution is 2.41. The van der Waals surface area contributed by atoms with E-state index < -0.39 is 5.91 Å². The molecule has 1 aromatic heterocycles. The summed E-state index contributed by atoms with van der Waals surface area (Å²) in [6, 6.07) is 9.44. The van der Waals surface area contributed by atoms with Crippen LogP contribution in [0.2, 0.25) is 0 Å². The number of nitrogens with one attached hydrogen (secondary N) is 1. The lowest BCUT2D eigenvalue weighted by molar-refractivity contribution is -0.112. The monoisotopic (exact) mass is 309 g/mol. The summed E-state index contributed by atoms with van der Waals surface area (Å²) < 4.78 is 0. The van der Waals surface area contributed by atoms with E-state index in [0.29, 0.717) is 17.3 Å². The van der Waals surface area contributed by atoms with Gasteiger partial charge >= 0.3 is 0 Å². The molecular formula is C17H15N3OS. The molecule has 0 spiro atoms. The molecule has 110 valence electrons. The zero-order chi connectivity index (χ0) is 15.5. The van der Waals surface area contributed by atoms with E-state index in [9.17, 15) is 10.1 Å². The van der Waals surface area contributed by atoms with Gasteiger partial charge in [0.05, 0.1) is 10.7 Å². The number of aryl methyl sites for hydroxylation is 1. The van der Waals surface area contributed by atoms with Crippen molar-refractivity contribution >= 4 is 29.0 Å². The molecule has 0 bridgehead atoms. The van der Waals surface area contributed by atoms with Gasteiger partial charge in [-0.25, -0.2) is 4.98 Å². The maximum Gasteiger partial charge on any atom is 0.266 e. The molecule has 1 aliphatic rings. The van der Waals surface area contributed by atoms with Crippen LogP contribution in [0.3, 0.4) is 0 Å². The Bertz CT molecular complexity index is 781. The summed E-state index contributed by atoms with van der Waals surface area (Å²) in [5.74, 6) is 0.177. The van der Waals surface area contributed by atoms with Crippen LogP contribution in [0, 0.1) is 18.3 Å². The second kappa shape index (κ2) is 6.12. The Labute approximate surface area is 133 Å². The Balaban J connectivity index is 1.77. The van der Waals surface area contributed by atoms with Gasteiger partial charge < -0.3 is 5.32 Å². The first-order chi connectivity index (χ1) is 10.7. The van der Waals surface area contributed by atoms with Crippen LogP contribution in [0.5, 0.6) is 0 Å². The number of amides is 1. The van der Waals surface area contributed by atoms with Crippen LogP contribution in [0.25, 0.3) is 6.08 Å². The number of hydrogen-bond donors (Lipinski definition) is 1. The van der Waals surface area contributed by atoms with Crippen molar-refractivity contribution in [1.29, 1.82) is 5.26 Å². The van der Waals surface area contributed by atoms with Gasteiger partial charge in [0.1, 0.15) is 11.6 Å². The molecule has 0 atom stereocenters. The zero-order valence-corrected chi connectivity index (χ0v) is 13.0. The molecule has 0 radical (unpaired) electrons. The highest BCUT2D eigenvalue weighted by molar-refractivity contribution is 7.09. The van der Waals surface area contributed by atoms with E-state index in [1.54, 1.807) is 17.4 Å². The highest BCUT2D eigenvalue weighted by Gasteiger charge is 2.26. The van der Waals surface area contributed by atoms with Crippen molar-refractivity contribution in [3.8, 4) is 6.07 Å². The Hall–Kier alpha value is -2.45. The lowest BCUT2D eigenvalue weighted by Crippen LogP contribution is -2.14. The molecule has 1 aliphatic carbocycles. The minimum absolute atomic E-state index is 0.0656. The van der Waals surface area contributed by atoms with Crippen LogP contribution in [-0.4, -0.2) is 10.9 Å². The molecule has 0 aliphatic heterocycles. The van der Waals surface area contributed by atoms with E-state index in [0.717, 1.165) is 10.6 Å². The quantitative estimate of drug-likeness (QED) is 0.688. The lowest BCUT2D eigenvalue weighted by atomic mass is 10.2. The molecule has 4 nitrogen and oxygen atoms in total. The molecule has 1 amide bonds. The predicted molar refractivity (Wildman–Crippen MR) is 87.5 cm³/mol. The number of aromatic nitrogens is 1. The summed E-state index contributed by atoms with van der Waals surface area (Å²) in [5, 5.41) is 15.0. The maximum atomic E-state index is 12.2. The normalized spacial score (nSPS) is 14.5. The van der Waals surface area contributed by atoms with Crippen molar-refractivity contribution in [2.24, 2.45) is 0 Å². The van der Waals surface area contributed by atoms with E-state index in [2.05, 4.69) is 10.3 Å². The first kappa shape index (κ1) is 14.5. The minimum atomic E-state index is -0.405. The van der Waals surface area contributed by atoms with Crippen LogP contribution in [0.1, 0.15) is 35.0 Å². The van der Waals surface area contributed by atoms with Gasteiger partial charge in [0, 0.05) is 17.0 Å². The first-order valence-electron chi connectivity index (χ1n) is 7.11. The van der Waals surface area contributed by atoms with Crippen molar-refractivity contribution < 1.29 is 4.79 Å². The first-order valence-corrected chi connectivity index (χ1v) is 7.99. The van der Waals surface area contributed by atoms with Crippen molar-refractivity contribution in [3.63, 3.8) is 0 Å². The van der Waals surface area contributed by atoms with Gasteiger partial charge in [-0.1, -0.05) is 18.2 Å². The molecule has 1 aromatic carbocycles. The van der Waals surface area contributed by atoms with Crippen molar-refractivity contribution in [2.75, 3.05) is 5.32 Å². The fourth-order valence-electron chi connectivity index (χ4n) is 2.08. The van der Waals surface area contributed by atoms with Crippen molar-refractivity contribution in [3.05, 3.63) is 51.5 Å². The Morgan fingerprint density at radius 3 is 2.91 bits per heavy atom. The van der Waals surface area contributed by atoms with E-state index in [1.807, 2.05) is 42.6 Å². The van der Waals surface area contributed by atoms with E-state index in [4.69, 9.17) is 0 Å². The number of carbonyl (C=O) groups is 1. The highest BCUT2D eigenvalue weighted by atomic mass is 32.1. The van der Waals surface area contributed by atoms with E-state index >= 15 is 0 Å². The number of anilines is 1. The third kappa shape index (κ3) is 3.23. The fraction of sp³-hybridized carbons (Fsp3) is 0.235. The van der Waals surface area contributed by atoms with Crippen LogP contribution in [0.4, 0.5) is 5.69 Å². The third-order valence-electron chi connectivity index (χ3n) is 3.52. The Morgan fingerprint density at radius 1 is 1.45 bits per heavy atom. The number of carbonyl (C=O) groups excluding carboxylic acids is 1. The maximum absolute atomic E-state index is 12.2. The smallest absolute Gasteiger partial charge is 0.266 e. The molecule has 1 saturated carbocycles. The third-order valence-corrected chi connectivity index (χ3v) is 4.54. The summed E-state index contributed by atoms with van der Waals surface area (Å²) in [6.07, 6.45) is 3.93. The summed E-state index contributed by atoms with van der Waals surface area (Å²) in [6.45, 7) is 1.91. The number of nitrogens with zero attached hydrogens (tertiary/aromatic N) is 2. The van der Waals surface area contributed by atoms with Crippen LogP contribution in [0.15, 0.2) is 35.2 Å². The summed E-state index contributed by atoms with van der Waals surface area (Å²) in [7, 11) is 0. The van der Waals surface area contributed by atoms with E-state index in [1.165, 1.54) is 12.8 Å². The average molecular weight is 309 g/mol. The zero-order valence-electron chi connectivity index (χ0n) is 12.2. The summed E-state index contributed by atoms with van der Waals surface area (Å²) in [5.41, 5.74) is 2.42. The molecule has 0 saturated heterocycles. The molecular weight excluding hydrogens is 294 g/mol. The number of benzene rings is 1. The molecule has 3 rings (SSSR count). The molecule has 1 N–H and O–H groups in total. The molecule has 0 unspecified atom stereocenters. The Kier molecular flexibility index (Phi) is 4.03. The molecule has 1 heterocycles. The standard InChI is InChI=1S/C17H15N3OS/c1-11-4-2-3-5-15(11)20-16(21)13(9-18)8-14-10-22-17(19-14)12-6-7-12/h2-5,8,10,12H,6-7H2,1H3,(H,20,21). The van der Waals surface area contributed by atoms with Gasteiger partial charge in [-0.3, -0.25) is 4.79 Å². The number of para-hydroxylation sites is 1. The SMILES string of the molecule is Cc1ccccc1NC(=O)C(C#N)=Cc1csc(C2CC2)n1. The second-order valence-electron chi connectivity index (χ2n) is 5.32. The Morgan fingerprint density at radius 2 is 2.23 bits per heavy atom. The van der Waals surface area contributed by atoms with Gasteiger partial charge in [-0.05, 0) is 37.5 Å². The lowest BCUT2D eigenvalue weighted by Gasteiger charge is -2.06. The summed E-state index contributed by atoms with van der Waals surface area (Å²) >= 11 is 1.59. The number of thiazole rings is 1. The largest absolute Gasteiger partial charge is 0.321 e. The van der Waals surface area contributed by atoms with Gasteiger partial charge in [0.2, 0.25) is 0 Å². The average Bonchev–Trinajstić information content (AvgIpc) is 3.26. The molecule has 22 heavy (non-hydrogen) atoms. The number of rotatable bonds is 4. The predicted octanol–water partition coefficient (Wildman–Crippen LogP) is 3.87. The van der Waals surface area contributed by atoms with Crippen molar-refractivity contribution in [2.45, 2.75) is 25.7 Å². The van der Waals surface area contributed by atoms with E-state index in [-0.39, 0.29) is 5.57 Å².